The molecular formula is C17H16N2O. The highest BCUT2D eigenvalue weighted by Gasteiger charge is 2.27. The van der Waals surface area contributed by atoms with Gasteiger partial charge in [-0.05, 0) is 30.2 Å². The average Bonchev–Trinajstić information content (AvgIpc) is 2.91. The van der Waals surface area contributed by atoms with Gasteiger partial charge in [0.1, 0.15) is 0 Å². The van der Waals surface area contributed by atoms with Crippen molar-refractivity contribution in [3.05, 3.63) is 64.5 Å². The van der Waals surface area contributed by atoms with Crippen LogP contribution in [0.3, 0.4) is 0 Å². The molecule has 2 heterocycles. The molecule has 1 atom stereocenters. The number of hydrogen-bond donors (Lipinski definition) is 1. The van der Waals surface area contributed by atoms with Gasteiger partial charge in [0.2, 0.25) is 0 Å². The molecule has 1 aromatic carbocycles. The van der Waals surface area contributed by atoms with Crippen LogP contribution in [-0.4, -0.2) is 18.1 Å². The van der Waals surface area contributed by atoms with Crippen LogP contribution in [0, 0.1) is 5.92 Å². The highest BCUT2D eigenvalue weighted by Crippen LogP contribution is 2.32. The second-order valence-corrected chi connectivity index (χ2v) is 5.55. The van der Waals surface area contributed by atoms with Gasteiger partial charge in [-0.2, -0.15) is 0 Å². The van der Waals surface area contributed by atoms with Gasteiger partial charge in [0.15, 0.2) is 5.43 Å². The monoisotopic (exact) mass is 264 g/mol. The van der Waals surface area contributed by atoms with E-state index in [2.05, 4.69) is 40.2 Å². The van der Waals surface area contributed by atoms with Crippen molar-refractivity contribution in [2.45, 2.75) is 6.42 Å². The number of rotatable bonds is 1. The first-order chi connectivity index (χ1) is 9.81. The number of aromatic amines is 1. The third-order valence-corrected chi connectivity index (χ3v) is 4.31. The molecule has 2 aliphatic rings. The highest BCUT2D eigenvalue weighted by molar-refractivity contribution is 5.82. The second-order valence-electron chi connectivity index (χ2n) is 5.55. The number of anilines is 1. The summed E-state index contributed by atoms with van der Waals surface area (Å²) in [6.07, 6.45) is 9.51. The van der Waals surface area contributed by atoms with Gasteiger partial charge in [0.25, 0.3) is 0 Å². The molecular weight excluding hydrogens is 248 g/mol. The molecule has 0 spiro atoms. The number of nitrogens with zero attached hydrogens (tertiary/aromatic N) is 1. The van der Waals surface area contributed by atoms with Crippen LogP contribution < -0.4 is 10.3 Å². The zero-order chi connectivity index (χ0) is 13.5. The van der Waals surface area contributed by atoms with Gasteiger partial charge in [0.05, 0.1) is 5.52 Å². The maximum absolute atomic E-state index is 11.8. The Morgan fingerprint density at radius 1 is 1.25 bits per heavy atom. The first-order valence-electron chi connectivity index (χ1n) is 7.03. The Hall–Kier alpha value is -2.29. The van der Waals surface area contributed by atoms with Gasteiger partial charge in [-0.3, -0.25) is 4.79 Å². The summed E-state index contributed by atoms with van der Waals surface area (Å²) in [5.74, 6) is 0.658. The normalized spacial score (nSPS) is 21.1. The molecule has 2 aromatic rings. The number of benzene rings is 1. The molecule has 1 fully saturated rings. The molecule has 0 saturated carbocycles. The van der Waals surface area contributed by atoms with Crippen LogP contribution in [0.15, 0.2) is 59.1 Å². The minimum Gasteiger partial charge on any atom is -0.367 e. The molecule has 3 nitrogen and oxygen atoms in total. The maximum atomic E-state index is 11.8. The minimum atomic E-state index is 0.0762. The van der Waals surface area contributed by atoms with E-state index in [0.717, 1.165) is 30.4 Å². The van der Waals surface area contributed by atoms with E-state index in [1.807, 2.05) is 6.07 Å². The van der Waals surface area contributed by atoms with Gasteiger partial charge < -0.3 is 9.88 Å². The third kappa shape index (κ3) is 1.78. The number of allylic oxidation sites excluding steroid dienone is 3. The largest absolute Gasteiger partial charge is 0.367 e. The molecule has 1 aliphatic carbocycles. The van der Waals surface area contributed by atoms with E-state index >= 15 is 0 Å². The first-order valence-corrected chi connectivity index (χ1v) is 7.03. The van der Waals surface area contributed by atoms with Crippen LogP contribution in [0.25, 0.3) is 10.9 Å². The fourth-order valence-electron chi connectivity index (χ4n) is 3.20. The first kappa shape index (κ1) is 11.5. The van der Waals surface area contributed by atoms with E-state index < -0.39 is 0 Å². The number of nitrogens with one attached hydrogen (secondary N) is 1. The van der Waals surface area contributed by atoms with Crippen molar-refractivity contribution in [1.29, 1.82) is 0 Å². The molecule has 4 rings (SSSR count). The highest BCUT2D eigenvalue weighted by atomic mass is 16.1. The molecule has 1 unspecified atom stereocenters. The number of aromatic nitrogens is 1. The molecule has 20 heavy (non-hydrogen) atoms. The maximum Gasteiger partial charge on any atom is 0.189 e. The Balaban J connectivity index is 1.72. The Kier molecular flexibility index (Phi) is 2.52. The van der Waals surface area contributed by atoms with E-state index in [9.17, 15) is 4.79 Å². The van der Waals surface area contributed by atoms with Crippen LogP contribution in [0.5, 0.6) is 0 Å². The van der Waals surface area contributed by atoms with Gasteiger partial charge in [-0.15, -0.1) is 0 Å². The van der Waals surface area contributed by atoms with Crippen molar-refractivity contribution in [3.63, 3.8) is 0 Å². The lowest BCUT2D eigenvalue weighted by atomic mass is 9.95. The zero-order valence-corrected chi connectivity index (χ0v) is 11.2. The van der Waals surface area contributed by atoms with Crippen molar-refractivity contribution < 1.29 is 0 Å². The Morgan fingerprint density at radius 2 is 2.20 bits per heavy atom. The molecule has 0 radical (unpaired) electrons. The van der Waals surface area contributed by atoms with E-state index in [1.54, 1.807) is 12.3 Å². The molecule has 3 heteroatoms. The quantitative estimate of drug-likeness (QED) is 0.859. The van der Waals surface area contributed by atoms with Gasteiger partial charge in [-0.25, -0.2) is 0 Å². The van der Waals surface area contributed by atoms with E-state index in [1.165, 1.54) is 11.3 Å². The number of H-pyrrole nitrogens is 1. The van der Waals surface area contributed by atoms with Crippen molar-refractivity contribution in [3.8, 4) is 0 Å². The molecule has 0 bridgehead atoms. The molecule has 1 aliphatic heterocycles. The Labute approximate surface area is 117 Å². The summed E-state index contributed by atoms with van der Waals surface area (Å²) in [6.45, 7) is 2.07. The summed E-state index contributed by atoms with van der Waals surface area (Å²) in [7, 11) is 0. The number of fused-ring (bicyclic) bond motifs is 2. The van der Waals surface area contributed by atoms with E-state index in [0.29, 0.717) is 5.92 Å². The topological polar surface area (TPSA) is 36.1 Å². The summed E-state index contributed by atoms with van der Waals surface area (Å²) in [5.41, 5.74) is 3.70. The number of hydrogen-bond acceptors (Lipinski definition) is 2. The van der Waals surface area contributed by atoms with Crippen molar-refractivity contribution in [1.82, 2.24) is 4.98 Å². The standard InChI is InChI=1S/C17H16N2O/c20-17-7-8-18-16-9-14(5-6-15(16)17)19-10-12-3-1-2-4-13(12)11-19/h1-3,5-9,13H,4,10-11H2,(H,18,20). The second kappa shape index (κ2) is 4.37. The summed E-state index contributed by atoms with van der Waals surface area (Å²) in [4.78, 5) is 17.3. The fraction of sp³-hybridized carbons (Fsp3) is 0.235. The summed E-state index contributed by atoms with van der Waals surface area (Å²) < 4.78 is 0. The lowest BCUT2D eigenvalue weighted by molar-refractivity contribution is 0.683. The van der Waals surface area contributed by atoms with Crippen molar-refractivity contribution in [2.24, 2.45) is 5.92 Å². The molecule has 1 aromatic heterocycles. The number of pyridine rings is 1. The smallest absolute Gasteiger partial charge is 0.189 e. The van der Waals surface area contributed by atoms with Gasteiger partial charge >= 0.3 is 0 Å². The van der Waals surface area contributed by atoms with Gasteiger partial charge in [0, 0.05) is 42.3 Å². The minimum absolute atomic E-state index is 0.0762. The molecule has 100 valence electrons. The van der Waals surface area contributed by atoms with Crippen molar-refractivity contribution >= 4 is 16.6 Å². The van der Waals surface area contributed by atoms with Crippen LogP contribution in [0.4, 0.5) is 5.69 Å². The zero-order valence-electron chi connectivity index (χ0n) is 11.2. The van der Waals surface area contributed by atoms with Crippen LogP contribution in [0.2, 0.25) is 0 Å². The fourth-order valence-corrected chi connectivity index (χ4v) is 3.20. The molecule has 0 amide bonds. The lowest BCUT2D eigenvalue weighted by Crippen LogP contribution is -2.19. The predicted molar refractivity (Wildman–Crippen MR) is 82.1 cm³/mol. The molecule has 1 N–H and O–H groups in total. The van der Waals surface area contributed by atoms with E-state index in [4.69, 9.17) is 0 Å². The average molecular weight is 264 g/mol. The third-order valence-electron chi connectivity index (χ3n) is 4.31. The van der Waals surface area contributed by atoms with Crippen LogP contribution in [-0.2, 0) is 0 Å². The lowest BCUT2D eigenvalue weighted by Gasteiger charge is -2.18. The summed E-state index contributed by atoms with van der Waals surface area (Å²) in [6, 6.07) is 7.64. The predicted octanol–water partition coefficient (Wildman–Crippen LogP) is 2.85. The van der Waals surface area contributed by atoms with E-state index in [-0.39, 0.29) is 5.43 Å². The SMILES string of the molecule is O=c1cc[nH]c2cc(N3CC4=CC=CCC4C3)ccc12. The van der Waals surface area contributed by atoms with Crippen molar-refractivity contribution in [2.75, 3.05) is 18.0 Å². The summed E-state index contributed by atoms with van der Waals surface area (Å²) in [5, 5.41) is 0.758. The Bertz CT molecular complexity index is 785. The Morgan fingerprint density at radius 3 is 3.10 bits per heavy atom. The molecule has 1 saturated heterocycles. The van der Waals surface area contributed by atoms with Gasteiger partial charge in [-0.1, -0.05) is 18.2 Å². The van der Waals surface area contributed by atoms with Crippen LogP contribution in [0.1, 0.15) is 6.42 Å². The van der Waals surface area contributed by atoms with Crippen LogP contribution >= 0.6 is 0 Å². The summed E-state index contributed by atoms with van der Waals surface area (Å²) >= 11 is 0.